The number of benzene rings is 2. The van der Waals surface area contributed by atoms with E-state index in [-0.39, 0.29) is 0 Å². The maximum absolute atomic E-state index is 6.17. The topological polar surface area (TPSA) is 58.1 Å². The SMILES string of the molecule is CN=C(NCCN1CCc2ccccc2C1)NCc1ccc(C)cc1OCC1CCOC1. The van der Waals surface area contributed by atoms with Gasteiger partial charge in [0.1, 0.15) is 5.75 Å². The van der Waals surface area contributed by atoms with E-state index < -0.39 is 0 Å². The summed E-state index contributed by atoms with van der Waals surface area (Å²) in [7, 11) is 1.82. The van der Waals surface area contributed by atoms with Gasteiger partial charge in [0.25, 0.3) is 0 Å². The lowest BCUT2D eigenvalue weighted by atomic mass is 10.00. The number of guanidine groups is 1. The lowest BCUT2D eigenvalue weighted by molar-refractivity contribution is 0.166. The molecule has 0 aromatic heterocycles. The molecule has 0 aliphatic carbocycles. The summed E-state index contributed by atoms with van der Waals surface area (Å²) in [6.45, 7) is 9.14. The highest BCUT2D eigenvalue weighted by Crippen LogP contribution is 2.23. The summed E-state index contributed by atoms with van der Waals surface area (Å²) in [5.74, 6) is 2.26. The molecule has 2 heterocycles. The van der Waals surface area contributed by atoms with E-state index in [0.717, 1.165) is 69.5 Å². The minimum Gasteiger partial charge on any atom is -0.493 e. The molecule has 1 atom stereocenters. The molecule has 1 saturated heterocycles. The van der Waals surface area contributed by atoms with Gasteiger partial charge >= 0.3 is 0 Å². The van der Waals surface area contributed by atoms with Gasteiger partial charge in [-0.2, -0.15) is 0 Å². The Balaban J connectivity index is 1.24. The van der Waals surface area contributed by atoms with Crippen molar-refractivity contribution in [3.05, 3.63) is 64.7 Å². The highest BCUT2D eigenvalue weighted by atomic mass is 16.5. The lowest BCUT2D eigenvalue weighted by Gasteiger charge is -2.28. The van der Waals surface area contributed by atoms with Crippen molar-refractivity contribution >= 4 is 5.96 Å². The number of hydrogen-bond acceptors (Lipinski definition) is 4. The first-order valence-corrected chi connectivity index (χ1v) is 11.7. The van der Waals surface area contributed by atoms with E-state index in [0.29, 0.717) is 19.1 Å². The molecule has 4 rings (SSSR count). The summed E-state index contributed by atoms with van der Waals surface area (Å²) in [4.78, 5) is 6.90. The first-order valence-electron chi connectivity index (χ1n) is 11.7. The third kappa shape index (κ3) is 6.24. The molecular weight excluding hydrogens is 400 g/mol. The van der Waals surface area contributed by atoms with Crippen LogP contribution in [0.25, 0.3) is 0 Å². The van der Waals surface area contributed by atoms with Crippen molar-refractivity contribution in [2.24, 2.45) is 10.9 Å². The standard InChI is InChI=1S/C26H36N4O2/c1-20-7-8-23(25(15-20)32-19-21-10-14-31-18-21)16-29-26(27-2)28-11-13-30-12-9-22-5-3-4-6-24(22)17-30/h3-8,15,21H,9-14,16-19H2,1-2H3,(H2,27,28,29). The van der Waals surface area contributed by atoms with E-state index in [9.17, 15) is 0 Å². The third-order valence-electron chi connectivity index (χ3n) is 6.32. The Hall–Kier alpha value is -2.57. The number of aliphatic imine (C=N–C) groups is 1. The molecule has 0 saturated carbocycles. The van der Waals surface area contributed by atoms with Crippen molar-refractivity contribution in [3.8, 4) is 5.75 Å². The van der Waals surface area contributed by atoms with Gasteiger partial charge in [0.15, 0.2) is 5.96 Å². The van der Waals surface area contributed by atoms with E-state index in [4.69, 9.17) is 9.47 Å². The average molecular weight is 437 g/mol. The van der Waals surface area contributed by atoms with Crippen LogP contribution in [-0.4, -0.2) is 57.4 Å². The lowest BCUT2D eigenvalue weighted by Crippen LogP contribution is -2.42. The zero-order valence-corrected chi connectivity index (χ0v) is 19.4. The van der Waals surface area contributed by atoms with Gasteiger partial charge in [-0.1, -0.05) is 36.4 Å². The number of hydrogen-bond donors (Lipinski definition) is 2. The molecule has 2 aliphatic heterocycles. The number of nitrogens with zero attached hydrogens (tertiary/aromatic N) is 2. The number of ether oxygens (including phenoxy) is 2. The zero-order chi connectivity index (χ0) is 22.2. The Kier molecular flexibility index (Phi) is 8.02. The van der Waals surface area contributed by atoms with Crippen LogP contribution in [0.1, 0.15) is 28.7 Å². The van der Waals surface area contributed by atoms with Crippen molar-refractivity contribution in [3.63, 3.8) is 0 Å². The van der Waals surface area contributed by atoms with Crippen LogP contribution in [0.15, 0.2) is 47.5 Å². The normalized spacial score (nSPS) is 18.9. The van der Waals surface area contributed by atoms with Crippen LogP contribution in [0.3, 0.4) is 0 Å². The molecule has 2 aromatic carbocycles. The van der Waals surface area contributed by atoms with Crippen molar-refractivity contribution in [2.45, 2.75) is 32.9 Å². The van der Waals surface area contributed by atoms with Crippen LogP contribution in [0.5, 0.6) is 5.75 Å². The molecule has 2 N–H and O–H groups in total. The summed E-state index contributed by atoms with van der Waals surface area (Å²) in [6, 6.07) is 15.2. The maximum atomic E-state index is 6.17. The van der Waals surface area contributed by atoms with Crippen LogP contribution in [-0.2, 0) is 24.2 Å². The molecule has 6 heteroatoms. The predicted octanol–water partition coefficient (Wildman–Crippen LogP) is 3.13. The number of rotatable bonds is 8. The Morgan fingerprint density at radius 2 is 2.06 bits per heavy atom. The fraction of sp³-hybridized carbons (Fsp3) is 0.500. The summed E-state index contributed by atoms with van der Waals surface area (Å²) < 4.78 is 11.6. The van der Waals surface area contributed by atoms with Crippen molar-refractivity contribution in [1.29, 1.82) is 0 Å². The summed E-state index contributed by atoms with van der Waals surface area (Å²) >= 11 is 0. The molecule has 0 radical (unpaired) electrons. The Bertz CT molecular complexity index is 908. The van der Waals surface area contributed by atoms with Gasteiger partial charge in [-0.15, -0.1) is 0 Å². The van der Waals surface area contributed by atoms with Crippen molar-refractivity contribution < 1.29 is 9.47 Å². The first kappa shape index (κ1) is 22.6. The first-order chi connectivity index (χ1) is 15.7. The van der Waals surface area contributed by atoms with Gasteiger partial charge in [-0.25, -0.2) is 0 Å². The molecular formula is C26H36N4O2. The molecule has 2 aliphatic rings. The second-order valence-corrected chi connectivity index (χ2v) is 8.80. The minimum absolute atomic E-state index is 0.493. The Labute approximate surface area is 192 Å². The van der Waals surface area contributed by atoms with E-state index in [1.165, 1.54) is 16.7 Å². The minimum atomic E-state index is 0.493. The van der Waals surface area contributed by atoms with Gasteiger partial charge in [0, 0.05) is 57.9 Å². The second kappa shape index (κ2) is 11.3. The van der Waals surface area contributed by atoms with Gasteiger partial charge in [0.05, 0.1) is 13.2 Å². The fourth-order valence-corrected chi connectivity index (χ4v) is 4.34. The Morgan fingerprint density at radius 3 is 2.88 bits per heavy atom. The van der Waals surface area contributed by atoms with Crippen LogP contribution in [0, 0.1) is 12.8 Å². The zero-order valence-electron chi connectivity index (χ0n) is 19.4. The molecule has 172 valence electrons. The molecule has 0 bridgehead atoms. The van der Waals surface area contributed by atoms with Gasteiger partial charge in [0.2, 0.25) is 0 Å². The van der Waals surface area contributed by atoms with Crippen LogP contribution >= 0.6 is 0 Å². The highest BCUT2D eigenvalue weighted by Gasteiger charge is 2.17. The van der Waals surface area contributed by atoms with Crippen LogP contribution in [0.4, 0.5) is 0 Å². The molecule has 0 spiro atoms. The summed E-state index contributed by atoms with van der Waals surface area (Å²) in [5, 5.41) is 6.90. The third-order valence-corrected chi connectivity index (χ3v) is 6.32. The van der Waals surface area contributed by atoms with E-state index in [1.807, 2.05) is 7.05 Å². The number of aryl methyl sites for hydroxylation is 1. The number of nitrogens with one attached hydrogen (secondary N) is 2. The molecule has 1 fully saturated rings. The van der Waals surface area contributed by atoms with Crippen LogP contribution in [0.2, 0.25) is 0 Å². The second-order valence-electron chi connectivity index (χ2n) is 8.80. The molecule has 6 nitrogen and oxygen atoms in total. The van der Waals surface area contributed by atoms with E-state index >= 15 is 0 Å². The maximum Gasteiger partial charge on any atom is 0.191 e. The van der Waals surface area contributed by atoms with Gasteiger partial charge in [-0.3, -0.25) is 9.89 Å². The highest BCUT2D eigenvalue weighted by molar-refractivity contribution is 5.79. The molecule has 32 heavy (non-hydrogen) atoms. The summed E-state index contributed by atoms with van der Waals surface area (Å²) in [6.07, 6.45) is 2.21. The van der Waals surface area contributed by atoms with E-state index in [2.05, 4.69) is 69.9 Å². The van der Waals surface area contributed by atoms with Crippen molar-refractivity contribution in [2.75, 3.05) is 46.5 Å². The monoisotopic (exact) mass is 436 g/mol. The molecule has 0 amide bonds. The Morgan fingerprint density at radius 1 is 1.19 bits per heavy atom. The average Bonchev–Trinajstić information content (AvgIpc) is 3.34. The fourth-order valence-electron chi connectivity index (χ4n) is 4.34. The quantitative estimate of drug-likeness (QED) is 0.492. The molecule has 1 unspecified atom stereocenters. The van der Waals surface area contributed by atoms with Crippen molar-refractivity contribution in [1.82, 2.24) is 15.5 Å². The molecule has 2 aromatic rings. The van der Waals surface area contributed by atoms with Gasteiger partial charge in [-0.05, 0) is 42.5 Å². The number of fused-ring (bicyclic) bond motifs is 1. The smallest absolute Gasteiger partial charge is 0.191 e. The van der Waals surface area contributed by atoms with Gasteiger partial charge < -0.3 is 20.1 Å². The van der Waals surface area contributed by atoms with E-state index in [1.54, 1.807) is 0 Å². The van der Waals surface area contributed by atoms with Crippen LogP contribution < -0.4 is 15.4 Å². The predicted molar refractivity (Wildman–Crippen MR) is 129 cm³/mol. The largest absolute Gasteiger partial charge is 0.493 e. The summed E-state index contributed by atoms with van der Waals surface area (Å²) in [5.41, 5.74) is 5.30.